The third-order valence-corrected chi connectivity index (χ3v) is 4.30. The van der Waals surface area contributed by atoms with Gasteiger partial charge in [0.1, 0.15) is 6.07 Å². The summed E-state index contributed by atoms with van der Waals surface area (Å²) in [5.74, 6) is 0. The Morgan fingerprint density at radius 3 is 2.46 bits per heavy atom. The van der Waals surface area contributed by atoms with Gasteiger partial charge < -0.3 is 0 Å². The van der Waals surface area contributed by atoms with E-state index in [1.165, 1.54) is 22.3 Å². The highest BCUT2D eigenvalue weighted by atomic mass is 15.4. The van der Waals surface area contributed by atoms with Crippen LogP contribution in [0.2, 0.25) is 0 Å². The molecule has 0 saturated heterocycles. The average Bonchev–Trinajstić information content (AvgIpc) is 2.98. The van der Waals surface area contributed by atoms with Crippen LogP contribution in [0.25, 0.3) is 0 Å². The maximum Gasteiger partial charge on any atom is 0.185 e. The second-order valence-electron chi connectivity index (χ2n) is 6.07. The number of rotatable bonds is 5. The molecule has 0 spiro atoms. The Balaban J connectivity index is 1.81. The van der Waals surface area contributed by atoms with Crippen molar-refractivity contribution in [2.24, 2.45) is 0 Å². The molecule has 3 aromatic rings. The van der Waals surface area contributed by atoms with Gasteiger partial charge in [0.2, 0.25) is 0 Å². The van der Waals surface area contributed by atoms with Gasteiger partial charge in [0.05, 0.1) is 12.2 Å². The predicted octanol–water partition coefficient (Wildman–Crippen LogP) is 3.60. The first-order valence-corrected chi connectivity index (χ1v) is 8.10. The molecule has 0 N–H and O–H groups in total. The van der Waals surface area contributed by atoms with Gasteiger partial charge in [-0.3, -0.25) is 0 Å². The van der Waals surface area contributed by atoms with Crippen molar-refractivity contribution in [3.05, 3.63) is 82.2 Å². The highest BCUT2D eigenvalue weighted by molar-refractivity contribution is 5.30. The van der Waals surface area contributed by atoms with E-state index >= 15 is 0 Å². The lowest BCUT2D eigenvalue weighted by Gasteiger charge is -2.09. The van der Waals surface area contributed by atoms with Crippen molar-refractivity contribution in [2.75, 3.05) is 0 Å². The molecule has 0 atom stereocenters. The smallest absolute Gasteiger partial charge is 0.185 e. The fourth-order valence-electron chi connectivity index (χ4n) is 2.76. The molecule has 2 aromatic carbocycles. The Labute approximate surface area is 142 Å². The highest BCUT2D eigenvalue weighted by Crippen LogP contribution is 2.14. The lowest BCUT2D eigenvalue weighted by molar-refractivity contribution is 0.614. The second-order valence-corrected chi connectivity index (χ2v) is 6.07. The third-order valence-electron chi connectivity index (χ3n) is 4.30. The van der Waals surface area contributed by atoms with E-state index in [2.05, 4.69) is 66.6 Å². The van der Waals surface area contributed by atoms with Crippen LogP contribution >= 0.6 is 0 Å². The zero-order chi connectivity index (χ0) is 16.9. The first kappa shape index (κ1) is 15.9. The van der Waals surface area contributed by atoms with E-state index in [0.29, 0.717) is 12.2 Å². The molecule has 0 bridgehead atoms. The molecule has 1 heterocycles. The van der Waals surface area contributed by atoms with Gasteiger partial charge in [-0.15, -0.1) is 5.10 Å². The first-order chi connectivity index (χ1) is 11.7. The van der Waals surface area contributed by atoms with Crippen LogP contribution in [0.3, 0.4) is 0 Å². The van der Waals surface area contributed by atoms with Crippen molar-refractivity contribution in [2.45, 2.75) is 33.2 Å². The number of aryl methyl sites for hydroxylation is 3. The van der Waals surface area contributed by atoms with Gasteiger partial charge in [0, 0.05) is 0 Å². The van der Waals surface area contributed by atoms with Crippen LogP contribution in [0.4, 0.5) is 0 Å². The Morgan fingerprint density at radius 2 is 1.75 bits per heavy atom. The van der Waals surface area contributed by atoms with Gasteiger partial charge >= 0.3 is 0 Å². The molecule has 3 rings (SSSR count). The van der Waals surface area contributed by atoms with Gasteiger partial charge in [-0.2, -0.15) is 5.26 Å². The molecule has 0 aliphatic heterocycles. The minimum Gasteiger partial charge on any atom is -0.244 e. The summed E-state index contributed by atoms with van der Waals surface area (Å²) >= 11 is 0. The quantitative estimate of drug-likeness (QED) is 0.722. The maximum atomic E-state index is 9.32. The average molecular weight is 316 g/mol. The second kappa shape index (κ2) is 7.10. The lowest BCUT2D eigenvalue weighted by Crippen LogP contribution is -2.09. The molecule has 0 unspecified atom stereocenters. The molecule has 0 fully saturated rings. The minimum absolute atomic E-state index is 0.427. The fraction of sp³-hybridized carbons (Fsp3) is 0.250. The highest BCUT2D eigenvalue weighted by Gasteiger charge is 2.13. The molecule has 0 aliphatic rings. The van der Waals surface area contributed by atoms with Gasteiger partial charge in [0.25, 0.3) is 0 Å². The molecule has 4 heteroatoms. The standard InChI is InChI=1S/C20H20N4/c1-15-7-9-17(10-8-15)11-12-20-19(13-21)22-23-24(20)14-18-6-4-3-5-16(18)2/h3-10H,11-12,14H2,1-2H3. The van der Waals surface area contributed by atoms with Crippen molar-refractivity contribution < 1.29 is 0 Å². The number of nitrogens with zero attached hydrogens (tertiary/aromatic N) is 4. The molecule has 0 aliphatic carbocycles. The van der Waals surface area contributed by atoms with Gasteiger partial charge in [-0.05, 0) is 43.4 Å². The monoisotopic (exact) mass is 316 g/mol. The molecule has 120 valence electrons. The van der Waals surface area contributed by atoms with E-state index in [1.807, 2.05) is 16.8 Å². The fourth-order valence-corrected chi connectivity index (χ4v) is 2.76. The number of hydrogen-bond acceptors (Lipinski definition) is 3. The summed E-state index contributed by atoms with van der Waals surface area (Å²) in [4.78, 5) is 0. The zero-order valence-electron chi connectivity index (χ0n) is 14.0. The van der Waals surface area contributed by atoms with E-state index in [0.717, 1.165) is 18.5 Å². The van der Waals surface area contributed by atoms with Crippen LogP contribution in [0.1, 0.15) is 33.6 Å². The Morgan fingerprint density at radius 1 is 1.00 bits per heavy atom. The molecule has 0 saturated carbocycles. The van der Waals surface area contributed by atoms with E-state index < -0.39 is 0 Å². The normalized spacial score (nSPS) is 10.5. The van der Waals surface area contributed by atoms with E-state index in [4.69, 9.17) is 0 Å². The Hall–Kier alpha value is -2.93. The SMILES string of the molecule is Cc1ccc(CCc2c(C#N)nnn2Cc2ccccc2C)cc1. The van der Waals surface area contributed by atoms with Crippen LogP contribution in [0.15, 0.2) is 48.5 Å². The van der Waals surface area contributed by atoms with E-state index in [1.54, 1.807) is 0 Å². The number of benzene rings is 2. The predicted molar refractivity (Wildman–Crippen MR) is 93.6 cm³/mol. The Bertz CT molecular complexity index is 869. The molecular weight excluding hydrogens is 296 g/mol. The summed E-state index contributed by atoms with van der Waals surface area (Å²) in [7, 11) is 0. The molecule has 0 amide bonds. The lowest BCUT2D eigenvalue weighted by atomic mass is 10.1. The first-order valence-electron chi connectivity index (χ1n) is 8.10. The van der Waals surface area contributed by atoms with E-state index in [-0.39, 0.29) is 0 Å². The Kier molecular flexibility index (Phi) is 4.72. The van der Waals surface area contributed by atoms with Crippen molar-refractivity contribution in [1.29, 1.82) is 5.26 Å². The van der Waals surface area contributed by atoms with Gasteiger partial charge in [0.15, 0.2) is 5.69 Å². The van der Waals surface area contributed by atoms with Crippen molar-refractivity contribution in [3.8, 4) is 6.07 Å². The van der Waals surface area contributed by atoms with Crippen molar-refractivity contribution in [1.82, 2.24) is 15.0 Å². The summed E-state index contributed by atoms with van der Waals surface area (Å²) in [5, 5.41) is 17.6. The number of nitriles is 1. The van der Waals surface area contributed by atoms with Gasteiger partial charge in [-0.25, -0.2) is 4.68 Å². The molecule has 1 aromatic heterocycles. The summed E-state index contributed by atoms with van der Waals surface area (Å²) in [6.45, 7) is 4.81. The summed E-state index contributed by atoms with van der Waals surface area (Å²) in [6, 6.07) is 18.9. The summed E-state index contributed by atoms with van der Waals surface area (Å²) in [5.41, 5.74) is 6.26. The third kappa shape index (κ3) is 3.52. The molecular formula is C20H20N4. The van der Waals surface area contributed by atoms with Crippen molar-refractivity contribution >= 4 is 0 Å². The zero-order valence-corrected chi connectivity index (χ0v) is 14.0. The summed E-state index contributed by atoms with van der Waals surface area (Å²) in [6.07, 6.45) is 1.63. The number of aromatic nitrogens is 3. The van der Waals surface area contributed by atoms with Crippen LogP contribution in [-0.2, 0) is 19.4 Å². The molecule has 24 heavy (non-hydrogen) atoms. The maximum absolute atomic E-state index is 9.32. The topological polar surface area (TPSA) is 54.5 Å². The van der Waals surface area contributed by atoms with E-state index in [9.17, 15) is 5.26 Å². The van der Waals surface area contributed by atoms with Crippen LogP contribution in [0, 0.1) is 25.2 Å². The van der Waals surface area contributed by atoms with Crippen LogP contribution in [-0.4, -0.2) is 15.0 Å². The largest absolute Gasteiger partial charge is 0.244 e. The van der Waals surface area contributed by atoms with Crippen LogP contribution in [0.5, 0.6) is 0 Å². The minimum atomic E-state index is 0.427. The van der Waals surface area contributed by atoms with Crippen LogP contribution < -0.4 is 0 Å². The van der Waals surface area contributed by atoms with Gasteiger partial charge in [-0.1, -0.05) is 59.3 Å². The number of hydrogen-bond donors (Lipinski definition) is 0. The summed E-state index contributed by atoms with van der Waals surface area (Å²) < 4.78 is 1.86. The molecule has 0 radical (unpaired) electrons. The molecule has 4 nitrogen and oxygen atoms in total. The van der Waals surface area contributed by atoms with Crippen molar-refractivity contribution in [3.63, 3.8) is 0 Å².